The summed E-state index contributed by atoms with van der Waals surface area (Å²) in [5.74, 6) is -1.87. The predicted octanol–water partition coefficient (Wildman–Crippen LogP) is 1.30. The number of hydrogen-bond acceptors (Lipinski definition) is 6. The van der Waals surface area contributed by atoms with Crippen LogP contribution in [0, 0.1) is 5.41 Å². The van der Waals surface area contributed by atoms with Crippen LogP contribution in [0.2, 0.25) is 0 Å². The minimum atomic E-state index is -0.935. The number of nitrogens with two attached hydrogens (primary N) is 1. The van der Waals surface area contributed by atoms with E-state index in [9.17, 15) is 14.4 Å². The van der Waals surface area contributed by atoms with Crippen molar-refractivity contribution in [2.24, 2.45) is 5.73 Å². The van der Waals surface area contributed by atoms with Gasteiger partial charge in [-0.05, 0) is 20.8 Å². The number of ether oxygens (including phenoxy) is 1. The normalized spacial score (nSPS) is 6.81. The third-order valence-corrected chi connectivity index (χ3v) is 1.02. The number of primary amides is 1. The van der Waals surface area contributed by atoms with E-state index in [2.05, 4.69) is 23.6 Å². The molecular weight excluding hydrogens is 284 g/mol. The van der Waals surface area contributed by atoms with E-state index in [1.165, 1.54) is 13.8 Å². The van der Waals surface area contributed by atoms with Crippen LogP contribution in [0.25, 0.3) is 0 Å². The Kier molecular flexibility index (Phi) is 24.6. The van der Waals surface area contributed by atoms with Crippen LogP contribution in [-0.4, -0.2) is 40.9 Å². The number of hydrogen-bond donors (Lipinski definition) is 4. The zero-order chi connectivity index (χ0) is 18.0. The number of amides is 1. The first-order chi connectivity index (χ1) is 9.47. The van der Waals surface area contributed by atoms with Crippen LogP contribution in [-0.2, 0) is 19.1 Å². The van der Waals surface area contributed by atoms with E-state index in [-0.39, 0.29) is 11.1 Å². The zero-order valence-corrected chi connectivity index (χ0v) is 12.1. The van der Waals surface area contributed by atoms with Crippen molar-refractivity contribution < 1.29 is 34.1 Å². The molecule has 0 aromatic rings. The minimum absolute atomic E-state index is 0.176. The van der Waals surface area contributed by atoms with Gasteiger partial charge in [0.15, 0.2) is 0 Å². The van der Waals surface area contributed by atoms with Gasteiger partial charge in [0.25, 0.3) is 0 Å². The maximum absolute atomic E-state index is 9.60. The van der Waals surface area contributed by atoms with E-state index >= 15 is 0 Å². The molecule has 0 aliphatic rings. The Labute approximate surface area is 122 Å². The Balaban J connectivity index is -0.0000000944. The van der Waals surface area contributed by atoms with Crippen molar-refractivity contribution in [3.63, 3.8) is 0 Å². The second-order valence-corrected chi connectivity index (χ2v) is 3.03. The monoisotopic (exact) mass is 304 g/mol. The fourth-order valence-electron chi connectivity index (χ4n) is 0.142. The molecule has 0 saturated heterocycles. The number of rotatable bonds is 3. The van der Waals surface area contributed by atoms with Crippen molar-refractivity contribution in [1.29, 1.82) is 5.41 Å². The Bertz CT molecular complexity index is 348. The number of aliphatic carboxylic acids is 2. The molecule has 0 heterocycles. The summed E-state index contributed by atoms with van der Waals surface area (Å²) < 4.78 is 4.18. The second kappa shape index (κ2) is 19.4. The lowest BCUT2D eigenvalue weighted by atomic mass is 10.4. The summed E-state index contributed by atoms with van der Waals surface area (Å²) in [6.07, 6.45) is 0.0394. The van der Waals surface area contributed by atoms with E-state index in [0.717, 1.165) is 6.08 Å². The average molecular weight is 304 g/mol. The Morgan fingerprint density at radius 1 is 1.14 bits per heavy atom. The first-order valence-electron chi connectivity index (χ1n) is 5.21. The molecule has 5 N–H and O–H groups in total. The van der Waals surface area contributed by atoms with Gasteiger partial charge in [-0.2, -0.15) is 0 Å². The highest BCUT2D eigenvalue weighted by atomic mass is 16.5. The molecule has 0 radical (unpaired) electrons. The van der Waals surface area contributed by atoms with Crippen molar-refractivity contribution in [2.75, 3.05) is 6.61 Å². The molecule has 0 aliphatic heterocycles. The smallest absolute Gasteiger partial charge is 0.404 e. The molecule has 0 unspecified atom stereocenters. The third-order valence-electron chi connectivity index (χ3n) is 1.02. The molecule has 0 rings (SSSR count). The highest BCUT2D eigenvalue weighted by molar-refractivity contribution is 5.85. The van der Waals surface area contributed by atoms with Gasteiger partial charge in [0.05, 0.1) is 6.61 Å². The van der Waals surface area contributed by atoms with Crippen LogP contribution in [0.15, 0.2) is 24.3 Å². The van der Waals surface area contributed by atoms with Gasteiger partial charge in [-0.15, -0.1) is 0 Å². The Morgan fingerprint density at radius 3 is 1.33 bits per heavy atom. The van der Waals surface area contributed by atoms with E-state index in [1.807, 2.05) is 0 Å². The average Bonchev–Trinajstić information content (AvgIpc) is 2.30. The number of carbonyl (C=O) groups excluding carboxylic acids is 2. The summed E-state index contributed by atoms with van der Waals surface area (Å²) in [5, 5.41) is 21.2. The standard InChI is InChI=1S/2C4H6O2.C3H7NO2.CHNO/c2*1-3(2)4(5)6;1-2-6-3(4)5;2-1-3/h2*1H2,2H3,(H,5,6);2H2,1H3,(H2,4,5);2H. The first-order valence-corrected chi connectivity index (χ1v) is 5.21. The van der Waals surface area contributed by atoms with Gasteiger partial charge in [0.1, 0.15) is 0 Å². The van der Waals surface area contributed by atoms with Crippen LogP contribution in [0.3, 0.4) is 0 Å². The largest absolute Gasteiger partial charge is 0.478 e. The number of carboxylic acid groups (broad SMARTS) is 2. The lowest BCUT2D eigenvalue weighted by molar-refractivity contribution is -0.133. The fraction of sp³-hybridized carbons (Fsp3) is 0.333. The summed E-state index contributed by atoms with van der Waals surface area (Å²) >= 11 is 0. The summed E-state index contributed by atoms with van der Waals surface area (Å²) in [6.45, 7) is 11.3. The first kappa shape index (κ1) is 26.6. The van der Waals surface area contributed by atoms with Gasteiger partial charge >= 0.3 is 18.0 Å². The van der Waals surface area contributed by atoms with Crippen LogP contribution in [0.1, 0.15) is 20.8 Å². The van der Waals surface area contributed by atoms with Crippen molar-refractivity contribution in [3.8, 4) is 0 Å². The quantitative estimate of drug-likeness (QED) is 0.346. The molecule has 0 bridgehead atoms. The third kappa shape index (κ3) is 59.5. The summed E-state index contributed by atoms with van der Waals surface area (Å²) in [4.78, 5) is 37.1. The topological polar surface area (TPSA) is 168 Å². The predicted molar refractivity (Wildman–Crippen MR) is 74.5 cm³/mol. The molecule has 9 heteroatoms. The van der Waals surface area contributed by atoms with E-state index in [0.29, 0.717) is 6.61 Å². The Morgan fingerprint density at radius 2 is 1.33 bits per heavy atom. The van der Waals surface area contributed by atoms with Gasteiger partial charge in [0, 0.05) is 11.1 Å². The molecule has 0 aromatic carbocycles. The zero-order valence-electron chi connectivity index (χ0n) is 12.1. The van der Waals surface area contributed by atoms with Crippen molar-refractivity contribution >= 4 is 24.1 Å². The van der Waals surface area contributed by atoms with Gasteiger partial charge in [-0.1, -0.05) is 13.2 Å². The SMILES string of the molecule is C=C(C)C(=O)O.C=C(C)C(=O)O.CCOC(N)=O.N=C=O. The molecule has 0 fully saturated rings. The molecule has 1 amide bonds. The van der Waals surface area contributed by atoms with Gasteiger partial charge in [-0.3, -0.25) is 0 Å². The van der Waals surface area contributed by atoms with Gasteiger partial charge < -0.3 is 20.7 Å². The van der Waals surface area contributed by atoms with Crippen LogP contribution >= 0.6 is 0 Å². The maximum Gasteiger partial charge on any atom is 0.404 e. The molecule has 21 heavy (non-hydrogen) atoms. The van der Waals surface area contributed by atoms with E-state index in [1.54, 1.807) is 6.92 Å². The molecule has 120 valence electrons. The summed E-state index contributed by atoms with van der Waals surface area (Å²) in [6, 6.07) is 0. The molecule has 0 saturated carbocycles. The molecule has 0 aromatic heterocycles. The van der Waals surface area contributed by atoms with Crippen LogP contribution < -0.4 is 5.73 Å². The van der Waals surface area contributed by atoms with Gasteiger partial charge in [-0.25, -0.2) is 24.6 Å². The fourth-order valence-corrected chi connectivity index (χ4v) is 0.142. The lowest BCUT2D eigenvalue weighted by Crippen LogP contribution is -2.11. The summed E-state index contributed by atoms with van der Waals surface area (Å²) in [5.41, 5.74) is 4.89. The van der Waals surface area contributed by atoms with Crippen LogP contribution in [0.5, 0.6) is 0 Å². The molecule has 9 nitrogen and oxygen atoms in total. The number of isocyanates is 1. The number of nitrogens with one attached hydrogen (secondary N) is 1. The minimum Gasteiger partial charge on any atom is -0.478 e. The van der Waals surface area contributed by atoms with Crippen molar-refractivity contribution in [3.05, 3.63) is 24.3 Å². The second-order valence-electron chi connectivity index (χ2n) is 3.03. The highest BCUT2D eigenvalue weighted by Gasteiger charge is 1.90. The molecule has 0 aliphatic carbocycles. The van der Waals surface area contributed by atoms with E-state index in [4.69, 9.17) is 20.4 Å². The van der Waals surface area contributed by atoms with Gasteiger partial charge in [0.2, 0.25) is 6.08 Å². The van der Waals surface area contributed by atoms with Crippen LogP contribution in [0.4, 0.5) is 4.79 Å². The highest BCUT2D eigenvalue weighted by Crippen LogP contribution is 1.81. The summed E-state index contributed by atoms with van der Waals surface area (Å²) in [7, 11) is 0. The van der Waals surface area contributed by atoms with Crippen molar-refractivity contribution in [1.82, 2.24) is 0 Å². The molecule has 0 spiro atoms. The maximum atomic E-state index is 9.60. The lowest BCUT2D eigenvalue weighted by Gasteiger charge is -1.89. The van der Waals surface area contributed by atoms with Crippen molar-refractivity contribution in [2.45, 2.75) is 20.8 Å². The Hall–Kier alpha value is -2.93. The molecular formula is C12H20N2O7. The van der Waals surface area contributed by atoms with E-state index < -0.39 is 18.0 Å². The number of carboxylic acids is 2. The molecule has 0 atom stereocenters. The number of carbonyl (C=O) groups is 3.